The Hall–Kier alpha value is -2.12. The average Bonchev–Trinajstić information content (AvgIpc) is 2.91. The molecule has 21 heavy (non-hydrogen) atoms. The number of carboxylic acids is 1. The van der Waals surface area contributed by atoms with Crippen LogP contribution in [0.2, 0.25) is 0 Å². The summed E-state index contributed by atoms with van der Waals surface area (Å²) in [6, 6.07) is 8.27. The molecule has 1 N–H and O–H groups in total. The summed E-state index contributed by atoms with van der Waals surface area (Å²) in [5, 5.41) is 10.8. The molecule has 0 aliphatic rings. The van der Waals surface area contributed by atoms with E-state index in [0.29, 0.717) is 0 Å². The summed E-state index contributed by atoms with van der Waals surface area (Å²) in [6.45, 7) is 1.84. The Morgan fingerprint density at radius 1 is 1.29 bits per heavy atom. The Bertz CT molecular complexity index is 704. The van der Waals surface area contributed by atoms with Crippen LogP contribution in [0.25, 0.3) is 0 Å². The van der Waals surface area contributed by atoms with Gasteiger partial charge in [-0.05, 0) is 31.2 Å². The second kappa shape index (κ2) is 6.11. The molecule has 0 bridgehead atoms. The molecule has 0 aliphatic carbocycles. The first kappa shape index (κ1) is 15.3. The highest BCUT2D eigenvalue weighted by Crippen LogP contribution is 2.20. The fraction of sp³-hybridized carbons (Fsp3) is 0.214. The number of benzene rings is 1. The minimum atomic E-state index is -3.85. The number of aliphatic carboxylic acids is 1. The first-order valence-corrected chi connectivity index (χ1v) is 7.69. The molecule has 112 valence electrons. The highest BCUT2D eigenvalue weighted by molar-refractivity contribution is 7.89. The van der Waals surface area contributed by atoms with E-state index >= 15 is 0 Å². The van der Waals surface area contributed by atoms with Crippen molar-refractivity contribution in [2.24, 2.45) is 0 Å². The van der Waals surface area contributed by atoms with Gasteiger partial charge in [0, 0.05) is 12.4 Å². The van der Waals surface area contributed by atoms with Gasteiger partial charge in [0.15, 0.2) is 0 Å². The van der Waals surface area contributed by atoms with Gasteiger partial charge in [-0.1, -0.05) is 17.7 Å². The zero-order valence-electron chi connectivity index (χ0n) is 11.3. The summed E-state index contributed by atoms with van der Waals surface area (Å²) >= 11 is 0. The first-order valence-electron chi connectivity index (χ1n) is 6.21. The largest absolute Gasteiger partial charge is 0.550 e. The van der Waals surface area contributed by atoms with Gasteiger partial charge in [0.25, 0.3) is 0 Å². The second-order valence-electron chi connectivity index (χ2n) is 4.58. The summed E-state index contributed by atoms with van der Waals surface area (Å²) in [5.41, 5.74) is 0.922. The van der Waals surface area contributed by atoms with E-state index in [9.17, 15) is 18.3 Å². The fourth-order valence-electron chi connectivity index (χ4n) is 1.83. The number of carbonyl (C=O) groups excluding carboxylic acids is 1. The highest BCUT2D eigenvalue weighted by atomic mass is 32.2. The molecule has 7 heteroatoms. The molecule has 0 saturated heterocycles. The summed E-state index contributed by atoms with van der Waals surface area (Å²) in [5.74, 6) is -1.15. The van der Waals surface area contributed by atoms with Gasteiger partial charge in [0.2, 0.25) is 10.0 Å². The molecule has 1 unspecified atom stereocenters. The van der Waals surface area contributed by atoms with Crippen LogP contribution in [-0.4, -0.2) is 14.4 Å². The maximum atomic E-state index is 12.3. The summed E-state index contributed by atoms with van der Waals surface area (Å²) in [4.78, 5) is 10.8. The first-order chi connectivity index (χ1) is 9.88. The van der Waals surface area contributed by atoms with Gasteiger partial charge in [-0.3, -0.25) is 0 Å². The topological polar surface area (TPSA) is 99.4 Å². The monoisotopic (exact) mass is 308 g/mol. The van der Waals surface area contributed by atoms with Crippen LogP contribution in [0.15, 0.2) is 52.0 Å². The quantitative estimate of drug-likeness (QED) is 0.848. The number of sulfonamides is 1. The molecule has 6 nitrogen and oxygen atoms in total. The molecule has 1 heterocycles. The molecule has 0 aliphatic heterocycles. The van der Waals surface area contributed by atoms with Crippen molar-refractivity contribution in [2.45, 2.75) is 24.3 Å². The van der Waals surface area contributed by atoms with Gasteiger partial charge < -0.3 is 14.3 Å². The lowest BCUT2D eigenvalue weighted by Gasteiger charge is -2.17. The van der Waals surface area contributed by atoms with Gasteiger partial charge in [0.05, 0.1) is 17.2 Å². The van der Waals surface area contributed by atoms with E-state index < -0.39 is 28.5 Å². The number of carbonyl (C=O) groups is 1. The van der Waals surface area contributed by atoms with Crippen molar-refractivity contribution in [3.63, 3.8) is 0 Å². The van der Waals surface area contributed by atoms with E-state index in [4.69, 9.17) is 4.42 Å². The van der Waals surface area contributed by atoms with Crippen LogP contribution < -0.4 is 9.83 Å². The second-order valence-corrected chi connectivity index (χ2v) is 6.29. The van der Waals surface area contributed by atoms with E-state index in [1.54, 1.807) is 18.2 Å². The molecule has 0 radical (unpaired) electrons. The van der Waals surface area contributed by atoms with Crippen molar-refractivity contribution in [1.82, 2.24) is 4.72 Å². The van der Waals surface area contributed by atoms with Crippen molar-refractivity contribution in [2.75, 3.05) is 0 Å². The minimum absolute atomic E-state index is 0.0583. The Labute approximate surface area is 122 Å². The minimum Gasteiger partial charge on any atom is -0.550 e. The van der Waals surface area contributed by atoms with Crippen LogP contribution in [-0.2, 0) is 14.8 Å². The lowest BCUT2D eigenvalue weighted by atomic mass is 10.2. The van der Waals surface area contributed by atoms with Crippen LogP contribution in [0.3, 0.4) is 0 Å². The Kier molecular flexibility index (Phi) is 4.44. The van der Waals surface area contributed by atoms with E-state index in [0.717, 1.165) is 5.56 Å². The zero-order valence-corrected chi connectivity index (χ0v) is 12.1. The maximum absolute atomic E-state index is 12.3. The van der Waals surface area contributed by atoms with Crippen molar-refractivity contribution >= 4 is 16.0 Å². The Balaban J connectivity index is 2.27. The van der Waals surface area contributed by atoms with Gasteiger partial charge in [-0.15, -0.1) is 0 Å². The van der Waals surface area contributed by atoms with Gasteiger partial charge in [0.1, 0.15) is 5.76 Å². The lowest BCUT2D eigenvalue weighted by molar-refractivity contribution is -0.306. The van der Waals surface area contributed by atoms with Gasteiger partial charge in [-0.2, -0.15) is 0 Å². The highest BCUT2D eigenvalue weighted by Gasteiger charge is 2.23. The summed E-state index contributed by atoms with van der Waals surface area (Å²) in [6.07, 6.45) is 0.830. The number of aryl methyl sites for hydroxylation is 1. The molecule has 2 aromatic rings. The molecule has 0 fully saturated rings. The third kappa shape index (κ3) is 3.93. The van der Waals surface area contributed by atoms with Crippen LogP contribution in [0.1, 0.15) is 23.8 Å². The molecule has 0 saturated carbocycles. The predicted octanol–water partition coefficient (Wildman–Crippen LogP) is 0.748. The smallest absolute Gasteiger partial charge is 0.241 e. The predicted molar refractivity (Wildman–Crippen MR) is 72.6 cm³/mol. The fourth-order valence-corrected chi connectivity index (χ4v) is 3.03. The zero-order chi connectivity index (χ0) is 15.5. The number of nitrogens with one attached hydrogen (secondary N) is 1. The van der Waals surface area contributed by atoms with E-state index in [2.05, 4.69) is 4.72 Å². The van der Waals surface area contributed by atoms with Crippen LogP contribution in [0.5, 0.6) is 0 Å². The third-order valence-electron chi connectivity index (χ3n) is 2.89. The van der Waals surface area contributed by atoms with Crippen LogP contribution >= 0.6 is 0 Å². The number of hydrogen-bond donors (Lipinski definition) is 1. The number of rotatable bonds is 6. The lowest BCUT2D eigenvalue weighted by Crippen LogP contribution is -2.34. The number of furan rings is 1. The standard InChI is InChI=1S/C14H15NO5S/c1-10-4-6-11(7-5-10)21(18,19)15-12(9-14(16)17)13-3-2-8-20-13/h2-8,12,15H,9H2,1H3,(H,16,17)/p-1. The van der Waals surface area contributed by atoms with Gasteiger partial charge >= 0.3 is 0 Å². The summed E-state index contributed by atoms with van der Waals surface area (Å²) in [7, 11) is -3.85. The van der Waals surface area contributed by atoms with E-state index in [-0.39, 0.29) is 10.7 Å². The average molecular weight is 308 g/mol. The van der Waals surface area contributed by atoms with E-state index in [1.807, 2.05) is 6.92 Å². The Morgan fingerprint density at radius 2 is 1.95 bits per heavy atom. The SMILES string of the molecule is Cc1ccc(S(=O)(=O)NC(CC(=O)[O-])c2ccco2)cc1. The van der Waals surface area contributed by atoms with Gasteiger partial charge in [-0.25, -0.2) is 13.1 Å². The molecule has 0 spiro atoms. The normalized spacial score (nSPS) is 13.0. The molecular formula is C14H14NO5S-. The maximum Gasteiger partial charge on any atom is 0.241 e. The van der Waals surface area contributed by atoms with Crippen molar-refractivity contribution in [3.05, 3.63) is 54.0 Å². The molecule has 0 amide bonds. The molecule has 2 rings (SSSR count). The van der Waals surface area contributed by atoms with Crippen molar-refractivity contribution in [3.8, 4) is 0 Å². The third-order valence-corrected chi connectivity index (χ3v) is 4.37. The van der Waals surface area contributed by atoms with Crippen LogP contribution in [0, 0.1) is 6.92 Å². The van der Waals surface area contributed by atoms with Crippen molar-refractivity contribution < 1.29 is 22.7 Å². The summed E-state index contributed by atoms with van der Waals surface area (Å²) < 4.78 is 31.9. The van der Waals surface area contributed by atoms with Crippen molar-refractivity contribution in [1.29, 1.82) is 0 Å². The molecule has 1 aromatic heterocycles. The Morgan fingerprint density at radius 3 is 2.48 bits per heavy atom. The number of carboxylic acid groups (broad SMARTS) is 1. The molecule has 1 atom stereocenters. The van der Waals surface area contributed by atoms with E-state index in [1.165, 1.54) is 24.5 Å². The number of hydrogen-bond acceptors (Lipinski definition) is 5. The molecule has 1 aromatic carbocycles. The van der Waals surface area contributed by atoms with Crippen LogP contribution in [0.4, 0.5) is 0 Å². The molecular weight excluding hydrogens is 294 g/mol.